The summed E-state index contributed by atoms with van der Waals surface area (Å²) in [5.41, 5.74) is 1.20. The number of carbonyl (C=O) groups excluding carboxylic acids is 1. The van der Waals surface area contributed by atoms with Crippen LogP contribution in [-0.4, -0.2) is 10.9 Å². The van der Waals surface area contributed by atoms with Crippen LogP contribution in [0.3, 0.4) is 0 Å². The van der Waals surface area contributed by atoms with Crippen molar-refractivity contribution in [2.24, 2.45) is 0 Å². The largest absolute Gasteiger partial charge is 0.320 e. The van der Waals surface area contributed by atoms with Crippen LogP contribution in [0.15, 0.2) is 50.1 Å². The van der Waals surface area contributed by atoms with E-state index in [1.54, 1.807) is 24.4 Å². The highest BCUT2D eigenvalue weighted by molar-refractivity contribution is 9.11. The standard InChI is InChI=1S/C12H7Br3N2O/c13-7-3-4-8(9(14)6-7)12(18)17-10-2-1-5-16-11(10)15/h1-6H,(H,17,18). The summed E-state index contributed by atoms with van der Waals surface area (Å²) >= 11 is 9.99. The molecule has 18 heavy (non-hydrogen) atoms. The molecule has 92 valence electrons. The van der Waals surface area contributed by atoms with Gasteiger partial charge in [0.15, 0.2) is 0 Å². The molecule has 2 aromatic rings. The van der Waals surface area contributed by atoms with Crippen LogP contribution in [-0.2, 0) is 0 Å². The van der Waals surface area contributed by atoms with Crippen LogP contribution >= 0.6 is 47.8 Å². The number of benzene rings is 1. The maximum absolute atomic E-state index is 12.1. The Hall–Kier alpha value is -0.720. The quantitative estimate of drug-likeness (QED) is 0.701. The van der Waals surface area contributed by atoms with Crippen LogP contribution < -0.4 is 5.32 Å². The summed E-state index contributed by atoms with van der Waals surface area (Å²) in [6.07, 6.45) is 1.65. The Bertz CT molecular complexity index is 602. The second kappa shape index (κ2) is 5.95. The molecule has 0 atom stereocenters. The number of hydrogen-bond donors (Lipinski definition) is 1. The molecule has 1 heterocycles. The zero-order valence-corrected chi connectivity index (χ0v) is 13.7. The maximum Gasteiger partial charge on any atom is 0.256 e. The number of amides is 1. The first-order chi connectivity index (χ1) is 8.58. The first-order valence-electron chi connectivity index (χ1n) is 4.95. The smallest absolute Gasteiger partial charge is 0.256 e. The van der Waals surface area contributed by atoms with Gasteiger partial charge in [-0.2, -0.15) is 0 Å². The van der Waals surface area contributed by atoms with E-state index in [9.17, 15) is 4.79 Å². The molecule has 0 saturated carbocycles. The van der Waals surface area contributed by atoms with Crippen molar-refractivity contribution < 1.29 is 4.79 Å². The van der Waals surface area contributed by atoms with E-state index in [0.717, 1.165) is 8.95 Å². The second-order valence-electron chi connectivity index (χ2n) is 3.42. The number of pyridine rings is 1. The number of carbonyl (C=O) groups is 1. The summed E-state index contributed by atoms with van der Waals surface area (Å²) in [7, 11) is 0. The third-order valence-corrected chi connectivity index (χ3v) is 3.96. The van der Waals surface area contributed by atoms with Gasteiger partial charge in [0, 0.05) is 15.1 Å². The Morgan fingerprint density at radius 3 is 2.61 bits per heavy atom. The zero-order valence-electron chi connectivity index (χ0n) is 8.95. The Morgan fingerprint density at radius 2 is 1.94 bits per heavy atom. The molecule has 0 spiro atoms. The molecule has 0 aliphatic heterocycles. The molecule has 0 saturated heterocycles. The van der Waals surface area contributed by atoms with Crippen molar-refractivity contribution in [3.05, 3.63) is 55.6 Å². The molecule has 2 rings (SSSR count). The van der Waals surface area contributed by atoms with E-state index < -0.39 is 0 Å². The number of rotatable bonds is 2. The van der Waals surface area contributed by atoms with Crippen LogP contribution in [0, 0.1) is 0 Å². The lowest BCUT2D eigenvalue weighted by atomic mass is 10.2. The first-order valence-corrected chi connectivity index (χ1v) is 7.33. The zero-order chi connectivity index (χ0) is 13.1. The molecule has 0 radical (unpaired) electrons. The molecule has 1 aromatic heterocycles. The molecular formula is C12H7Br3N2O. The maximum atomic E-state index is 12.1. The molecule has 0 unspecified atom stereocenters. The first kappa shape index (κ1) is 13.7. The van der Waals surface area contributed by atoms with Gasteiger partial charge in [-0.15, -0.1) is 0 Å². The highest BCUT2D eigenvalue weighted by atomic mass is 79.9. The lowest BCUT2D eigenvalue weighted by Gasteiger charge is -2.08. The Labute approximate surface area is 129 Å². The summed E-state index contributed by atoms with van der Waals surface area (Å²) < 4.78 is 2.24. The van der Waals surface area contributed by atoms with Crippen molar-refractivity contribution in [3.8, 4) is 0 Å². The summed E-state index contributed by atoms with van der Waals surface area (Å²) in [5, 5.41) is 2.79. The van der Waals surface area contributed by atoms with Crippen molar-refractivity contribution in [1.29, 1.82) is 0 Å². The average Bonchev–Trinajstić information content (AvgIpc) is 2.32. The number of halogens is 3. The molecule has 1 N–H and O–H groups in total. The van der Waals surface area contributed by atoms with E-state index in [2.05, 4.69) is 58.1 Å². The number of anilines is 1. The van der Waals surface area contributed by atoms with Gasteiger partial charge in [-0.25, -0.2) is 4.98 Å². The Morgan fingerprint density at radius 1 is 1.17 bits per heavy atom. The highest BCUT2D eigenvalue weighted by Gasteiger charge is 2.12. The van der Waals surface area contributed by atoms with Gasteiger partial charge < -0.3 is 5.32 Å². The Balaban J connectivity index is 2.25. The van der Waals surface area contributed by atoms with E-state index >= 15 is 0 Å². The molecule has 3 nitrogen and oxygen atoms in total. The summed E-state index contributed by atoms with van der Waals surface area (Å²) in [5.74, 6) is -0.192. The fourth-order valence-electron chi connectivity index (χ4n) is 1.34. The highest BCUT2D eigenvalue weighted by Crippen LogP contribution is 2.24. The predicted octanol–water partition coefficient (Wildman–Crippen LogP) is 4.62. The van der Waals surface area contributed by atoms with Crippen molar-refractivity contribution in [1.82, 2.24) is 4.98 Å². The van der Waals surface area contributed by atoms with Gasteiger partial charge in [-0.1, -0.05) is 15.9 Å². The van der Waals surface area contributed by atoms with E-state index in [4.69, 9.17) is 0 Å². The SMILES string of the molecule is O=C(Nc1cccnc1Br)c1ccc(Br)cc1Br. The monoisotopic (exact) mass is 432 g/mol. The predicted molar refractivity (Wildman–Crippen MR) is 81.7 cm³/mol. The van der Waals surface area contributed by atoms with Gasteiger partial charge in [-0.05, 0) is 62.2 Å². The van der Waals surface area contributed by atoms with Gasteiger partial charge in [0.2, 0.25) is 0 Å². The average molecular weight is 435 g/mol. The number of nitrogens with one attached hydrogen (secondary N) is 1. The van der Waals surface area contributed by atoms with Gasteiger partial charge >= 0.3 is 0 Å². The van der Waals surface area contributed by atoms with Crippen LogP contribution in [0.5, 0.6) is 0 Å². The van der Waals surface area contributed by atoms with Crippen LogP contribution in [0.4, 0.5) is 5.69 Å². The van der Waals surface area contributed by atoms with E-state index in [1.165, 1.54) is 0 Å². The lowest BCUT2D eigenvalue weighted by molar-refractivity contribution is 0.102. The fraction of sp³-hybridized carbons (Fsp3) is 0. The van der Waals surface area contributed by atoms with Crippen LogP contribution in [0.1, 0.15) is 10.4 Å². The van der Waals surface area contributed by atoms with Crippen LogP contribution in [0.2, 0.25) is 0 Å². The third kappa shape index (κ3) is 3.18. The van der Waals surface area contributed by atoms with Crippen molar-refractivity contribution in [2.75, 3.05) is 5.32 Å². The second-order valence-corrected chi connectivity index (χ2v) is 5.94. The molecule has 0 aliphatic rings. The van der Waals surface area contributed by atoms with E-state index in [-0.39, 0.29) is 5.91 Å². The number of aromatic nitrogens is 1. The summed E-state index contributed by atoms with van der Waals surface area (Å²) in [4.78, 5) is 16.1. The molecule has 1 amide bonds. The molecule has 0 bridgehead atoms. The van der Waals surface area contributed by atoms with Crippen molar-refractivity contribution in [2.45, 2.75) is 0 Å². The van der Waals surface area contributed by atoms with E-state index in [0.29, 0.717) is 15.9 Å². The number of hydrogen-bond acceptors (Lipinski definition) is 2. The van der Waals surface area contributed by atoms with Gasteiger partial charge in [0.25, 0.3) is 5.91 Å². The number of nitrogens with zero attached hydrogens (tertiary/aromatic N) is 1. The third-order valence-electron chi connectivity index (χ3n) is 2.18. The van der Waals surface area contributed by atoms with Gasteiger partial charge in [0.1, 0.15) is 4.60 Å². The van der Waals surface area contributed by atoms with Gasteiger partial charge in [-0.3, -0.25) is 4.79 Å². The minimum absolute atomic E-state index is 0.192. The topological polar surface area (TPSA) is 42.0 Å². The molecule has 0 fully saturated rings. The summed E-state index contributed by atoms with van der Waals surface area (Å²) in [6, 6.07) is 8.93. The minimum Gasteiger partial charge on any atom is -0.320 e. The van der Waals surface area contributed by atoms with Crippen molar-refractivity contribution >= 4 is 59.4 Å². The lowest BCUT2D eigenvalue weighted by Crippen LogP contribution is -2.13. The molecule has 6 heteroatoms. The van der Waals surface area contributed by atoms with Gasteiger partial charge in [0.05, 0.1) is 11.3 Å². The minimum atomic E-state index is -0.192. The fourth-order valence-corrected chi connectivity index (χ4v) is 2.92. The molecule has 1 aromatic carbocycles. The van der Waals surface area contributed by atoms with Crippen LogP contribution in [0.25, 0.3) is 0 Å². The Kier molecular flexibility index (Phi) is 4.53. The summed E-state index contributed by atoms with van der Waals surface area (Å²) in [6.45, 7) is 0. The van der Waals surface area contributed by atoms with Crippen molar-refractivity contribution in [3.63, 3.8) is 0 Å². The molecule has 0 aliphatic carbocycles. The van der Waals surface area contributed by atoms with E-state index in [1.807, 2.05) is 12.1 Å². The normalized spacial score (nSPS) is 10.2. The molecular weight excluding hydrogens is 428 g/mol.